The van der Waals surface area contributed by atoms with Crippen molar-refractivity contribution in [1.82, 2.24) is 4.57 Å². The van der Waals surface area contributed by atoms with Crippen LogP contribution in [-0.2, 0) is 0 Å². The molecule has 0 aliphatic heterocycles. The number of para-hydroxylation sites is 1. The van der Waals surface area contributed by atoms with Crippen LogP contribution in [0.4, 0.5) is 5.69 Å². The van der Waals surface area contributed by atoms with Gasteiger partial charge in [-0.2, -0.15) is 5.26 Å². The minimum atomic E-state index is -0.488. The summed E-state index contributed by atoms with van der Waals surface area (Å²) in [4.78, 5) is 22.7. The molecule has 3 aromatic rings. The fourth-order valence-corrected chi connectivity index (χ4v) is 2.44. The molecule has 0 bridgehead atoms. The second kappa shape index (κ2) is 6.18. The van der Waals surface area contributed by atoms with Crippen molar-refractivity contribution in [3.05, 3.63) is 82.0 Å². The Morgan fingerprint density at radius 2 is 2.00 bits per heavy atom. The number of non-ortho nitro benzene ring substituents is 1. The van der Waals surface area contributed by atoms with E-state index in [0.29, 0.717) is 22.0 Å². The van der Waals surface area contributed by atoms with Gasteiger partial charge in [0.15, 0.2) is 0 Å². The molecule has 2 aromatic carbocycles. The monoisotopic (exact) mass is 317 g/mol. The van der Waals surface area contributed by atoms with E-state index in [9.17, 15) is 14.9 Å². The van der Waals surface area contributed by atoms with Crippen molar-refractivity contribution < 1.29 is 9.72 Å². The number of nitriles is 1. The lowest BCUT2D eigenvalue weighted by Gasteiger charge is -1.99. The Balaban J connectivity index is 1.95. The zero-order valence-corrected chi connectivity index (χ0v) is 12.4. The summed E-state index contributed by atoms with van der Waals surface area (Å²) in [7, 11) is 0. The first-order valence-corrected chi connectivity index (χ1v) is 7.07. The Morgan fingerprint density at radius 1 is 1.21 bits per heavy atom. The number of nitrogens with zero attached hydrogens (tertiary/aromatic N) is 3. The van der Waals surface area contributed by atoms with Crippen LogP contribution < -0.4 is 0 Å². The molecular weight excluding hydrogens is 306 g/mol. The lowest BCUT2D eigenvalue weighted by atomic mass is 10.2. The summed E-state index contributed by atoms with van der Waals surface area (Å²) in [6, 6.07) is 15.2. The number of nitro groups is 1. The van der Waals surface area contributed by atoms with E-state index >= 15 is 0 Å². The third kappa shape index (κ3) is 2.78. The third-order valence-corrected chi connectivity index (χ3v) is 3.57. The summed E-state index contributed by atoms with van der Waals surface area (Å²) in [5.41, 5.74) is 1.57. The highest BCUT2D eigenvalue weighted by molar-refractivity contribution is 6.02. The molecule has 0 atom stereocenters. The van der Waals surface area contributed by atoms with Crippen molar-refractivity contribution in [2.45, 2.75) is 0 Å². The molecule has 24 heavy (non-hydrogen) atoms. The van der Waals surface area contributed by atoms with E-state index in [-0.39, 0.29) is 11.6 Å². The molecule has 0 radical (unpaired) electrons. The topological polar surface area (TPSA) is 88.9 Å². The number of rotatable bonds is 3. The molecule has 1 aromatic heterocycles. The number of carbonyl (C=O) groups excluding carboxylic acids is 1. The second-order valence-corrected chi connectivity index (χ2v) is 5.07. The number of fused-ring (bicyclic) bond motifs is 1. The first-order chi connectivity index (χ1) is 11.6. The number of hydrogen-bond donors (Lipinski definition) is 0. The molecule has 0 saturated heterocycles. The normalized spacial score (nSPS) is 10.8. The summed E-state index contributed by atoms with van der Waals surface area (Å²) in [6.07, 6.45) is 4.33. The SMILES string of the molecule is N#Cc1cn(C(=O)/C=C/c2cccc([N+](=O)[O-])c2)c2ccccc12. The molecule has 6 nitrogen and oxygen atoms in total. The van der Waals surface area contributed by atoms with E-state index in [4.69, 9.17) is 5.26 Å². The van der Waals surface area contributed by atoms with Gasteiger partial charge in [-0.25, -0.2) is 0 Å². The maximum absolute atomic E-state index is 12.4. The van der Waals surface area contributed by atoms with Gasteiger partial charge in [0, 0.05) is 29.8 Å². The Kier molecular flexibility index (Phi) is 3.91. The molecule has 0 amide bonds. The number of aromatic nitrogens is 1. The molecule has 0 N–H and O–H groups in total. The Bertz CT molecular complexity index is 1030. The minimum Gasteiger partial charge on any atom is -0.282 e. The van der Waals surface area contributed by atoms with Gasteiger partial charge in [0.2, 0.25) is 0 Å². The highest BCUT2D eigenvalue weighted by Crippen LogP contribution is 2.21. The lowest BCUT2D eigenvalue weighted by molar-refractivity contribution is -0.384. The molecule has 0 spiro atoms. The number of hydrogen-bond acceptors (Lipinski definition) is 4. The fourth-order valence-electron chi connectivity index (χ4n) is 2.44. The van der Waals surface area contributed by atoms with Crippen LogP contribution in [0.25, 0.3) is 17.0 Å². The highest BCUT2D eigenvalue weighted by atomic mass is 16.6. The van der Waals surface area contributed by atoms with Gasteiger partial charge in [-0.3, -0.25) is 19.5 Å². The van der Waals surface area contributed by atoms with E-state index < -0.39 is 4.92 Å². The molecule has 116 valence electrons. The molecule has 6 heteroatoms. The molecule has 0 fully saturated rings. The first-order valence-electron chi connectivity index (χ1n) is 7.07. The van der Waals surface area contributed by atoms with Gasteiger partial charge in [0.1, 0.15) is 6.07 Å². The highest BCUT2D eigenvalue weighted by Gasteiger charge is 2.11. The van der Waals surface area contributed by atoms with Gasteiger partial charge >= 0.3 is 0 Å². The fraction of sp³-hybridized carbons (Fsp3) is 0. The van der Waals surface area contributed by atoms with E-state index in [1.165, 1.54) is 35.0 Å². The predicted octanol–water partition coefficient (Wildman–Crippen LogP) is 3.77. The smallest absolute Gasteiger partial charge is 0.270 e. The third-order valence-electron chi connectivity index (χ3n) is 3.57. The Hall–Kier alpha value is -3.72. The number of nitro benzene ring substituents is 1. The van der Waals surface area contributed by atoms with Crippen molar-refractivity contribution in [3.63, 3.8) is 0 Å². The number of benzene rings is 2. The summed E-state index contributed by atoms with van der Waals surface area (Å²) >= 11 is 0. The number of allylic oxidation sites excluding steroid dienone is 1. The van der Waals surface area contributed by atoms with Gasteiger partial charge in [0.05, 0.1) is 16.0 Å². The summed E-state index contributed by atoms with van der Waals surface area (Å²) in [5.74, 6) is -0.334. The van der Waals surface area contributed by atoms with Crippen LogP contribution in [0.2, 0.25) is 0 Å². The van der Waals surface area contributed by atoms with Crippen molar-refractivity contribution in [3.8, 4) is 6.07 Å². The van der Waals surface area contributed by atoms with Crippen molar-refractivity contribution in [2.24, 2.45) is 0 Å². The molecule has 1 heterocycles. The van der Waals surface area contributed by atoms with Crippen LogP contribution in [0.5, 0.6) is 0 Å². The van der Waals surface area contributed by atoms with Crippen LogP contribution in [0.1, 0.15) is 15.9 Å². The molecule has 0 unspecified atom stereocenters. The summed E-state index contributed by atoms with van der Waals surface area (Å²) in [5, 5.41) is 20.6. The first kappa shape index (κ1) is 15.2. The van der Waals surface area contributed by atoms with Crippen molar-refractivity contribution >= 4 is 28.6 Å². The van der Waals surface area contributed by atoms with Gasteiger partial charge in [-0.15, -0.1) is 0 Å². The van der Waals surface area contributed by atoms with Gasteiger partial charge in [0.25, 0.3) is 11.6 Å². The summed E-state index contributed by atoms with van der Waals surface area (Å²) in [6.45, 7) is 0. The minimum absolute atomic E-state index is 0.0391. The van der Waals surface area contributed by atoms with Crippen LogP contribution in [0.3, 0.4) is 0 Å². The van der Waals surface area contributed by atoms with Gasteiger partial charge in [-0.1, -0.05) is 30.3 Å². The maximum atomic E-state index is 12.4. The van der Waals surface area contributed by atoms with Crippen molar-refractivity contribution in [2.75, 3.05) is 0 Å². The Morgan fingerprint density at radius 3 is 2.75 bits per heavy atom. The van der Waals surface area contributed by atoms with Crippen LogP contribution in [-0.4, -0.2) is 15.4 Å². The Labute approximate surface area is 137 Å². The van der Waals surface area contributed by atoms with E-state index in [0.717, 1.165) is 0 Å². The van der Waals surface area contributed by atoms with Gasteiger partial charge < -0.3 is 0 Å². The molecule has 0 saturated carbocycles. The van der Waals surface area contributed by atoms with E-state index in [2.05, 4.69) is 6.07 Å². The molecule has 3 rings (SSSR count). The zero-order valence-electron chi connectivity index (χ0n) is 12.4. The standard InChI is InChI=1S/C18H11N3O3/c19-11-14-12-20(17-7-2-1-6-16(14)17)18(22)9-8-13-4-3-5-15(10-13)21(23)24/h1-10,12H/b9-8+. The van der Waals surface area contributed by atoms with Crippen LogP contribution in [0.15, 0.2) is 60.8 Å². The lowest BCUT2D eigenvalue weighted by Crippen LogP contribution is -2.05. The second-order valence-electron chi connectivity index (χ2n) is 5.07. The predicted molar refractivity (Wildman–Crippen MR) is 89.4 cm³/mol. The van der Waals surface area contributed by atoms with E-state index in [1.807, 2.05) is 0 Å². The zero-order chi connectivity index (χ0) is 17.1. The van der Waals surface area contributed by atoms with Crippen molar-refractivity contribution in [1.29, 1.82) is 5.26 Å². The average molecular weight is 317 g/mol. The van der Waals surface area contributed by atoms with E-state index in [1.54, 1.807) is 36.4 Å². The van der Waals surface area contributed by atoms with Crippen LogP contribution in [0, 0.1) is 21.4 Å². The quantitative estimate of drug-likeness (QED) is 0.418. The van der Waals surface area contributed by atoms with Gasteiger partial charge in [-0.05, 0) is 17.7 Å². The molecular formula is C18H11N3O3. The number of carbonyl (C=O) groups is 1. The largest absolute Gasteiger partial charge is 0.282 e. The average Bonchev–Trinajstić information content (AvgIpc) is 2.99. The van der Waals surface area contributed by atoms with Crippen LogP contribution >= 0.6 is 0 Å². The molecule has 0 aliphatic rings. The maximum Gasteiger partial charge on any atom is 0.270 e. The summed E-state index contributed by atoms with van der Waals surface area (Å²) < 4.78 is 1.39. The molecule has 0 aliphatic carbocycles.